The van der Waals surface area contributed by atoms with Gasteiger partial charge in [0.05, 0.1) is 6.42 Å². The Morgan fingerprint density at radius 2 is 1.80 bits per heavy atom. The lowest BCUT2D eigenvalue weighted by Gasteiger charge is -2.23. The number of carboxylic acids is 1. The number of carboxylic acid groups (broad SMARTS) is 1. The van der Waals surface area contributed by atoms with Crippen LogP contribution in [0.3, 0.4) is 0 Å². The minimum atomic E-state index is -0.736. The summed E-state index contributed by atoms with van der Waals surface area (Å²) in [6.07, 6.45) is 3.31. The summed E-state index contributed by atoms with van der Waals surface area (Å²) < 4.78 is 5.94. The first kappa shape index (κ1) is 17.5. The molecule has 0 aromatic heterocycles. The fourth-order valence-electron chi connectivity index (χ4n) is 3.35. The highest BCUT2D eigenvalue weighted by atomic mass is 16.5. The summed E-state index contributed by atoms with van der Waals surface area (Å²) in [4.78, 5) is 13.0. The highest BCUT2D eigenvalue weighted by molar-refractivity contribution is 5.66. The topological polar surface area (TPSA) is 49.8 Å². The van der Waals surface area contributed by atoms with Crippen molar-refractivity contribution in [2.45, 2.75) is 31.7 Å². The number of ether oxygens (including phenoxy) is 1. The maximum Gasteiger partial charge on any atom is 0.304 e. The lowest BCUT2D eigenvalue weighted by molar-refractivity contribution is -0.137. The van der Waals surface area contributed by atoms with Gasteiger partial charge >= 0.3 is 5.97 Å². The van der Waals surface area contributed by atoms with Crippen molar-refractivity contribution in [2.24, 2.45) is 0 Å². The molecule has 1 aliphatic heterocycles. The van der Waals surface area contributed by atoms with Crippen molar-refractivity contribution in [3.05, 3.63) is 65.7 Å². The molecule has 1 heterocycles. The fraction of sp³-hybridized carbons (Fsp3) is 0.381. The molecule has 0 saturated carbocycles. The third-order valence-corrected chi connectivity index (χ3v) is 4.73. The van der Waals surface area contributed by atoms with Crippen LogP contribution in [0.1, 0.15) is 30.4 Å². The van der Waals surface area contributed by atoms with Crippen LogP contribution in [0.15, 0.2) is 54.6 Å². The van der Waals surface area contributed by atoms with E-state index >= 15 is 0 Å². The summed E-state index contributed by atoms with van der Waals surface area (Å²) in [5.74, 6) is 0.141. The maximum atomic E-state index is 10.7. The summed E-state index contributed by atoms with van der Waals surface area (Å²) in [5.41, 5.74) is 2.57. The van der Waals surface area contributed by atoms with Crippen molar-refractivity contribution in [2.75, 3.05) is 19.7 Å². The highest BCUT2D eigenvalue weighted by Crippen LogP contribution is 2.20. The van der Waals surface area contributed by atoms with Crippen molar-refractivity contribution in [1.82, 2.24) is 4.90 Å². The van der Waals surface area contributed by atoms with Crippen LogP contribution in [-0.2, 0) is 11.2 Å². The van der Waals surface area contributed by atoms with Crippen molar-refractivity contribution in [1.29, 1.82) is 0 Å². The fourth-order valence-corrected chi connectivity index (χ4v) is 3.35. The van der Waals surface area contributed by atoms with E-state index in [2.05, 4.69) is 41.3 Å². The molecule has 1 fully saturated rings. The van der Waals surface area contributed by atoms with E-state index in [0.717, 1.165) is 31.6 Å². The van der Waals surface area contributed by atoms with Gasteiger partial charge in [0.1, 0.15) is 12.4 Å². The van der Waals surface area contributed by atoms with Gasteiger partial charge in [-0.15, -0.1) is 0 Å². The Kier molecular flexibility index (Phi) is 6.07. The Labute approximate surface area is 149 Å². The molecule has 1 saturated heterocycles. The number of rotatable bonds is 8. The van der Waals surface area contributed by atoms with Gasteiger partial charge in [0.2, 0.25) is 0 Å². The molecule has 0 amide bonds. The molecule has 0 spiro atoms. The molecule has 1 atom stereocenters. The summed E-state index contributed by atoms with van der Waals surface area (Å²) >= 11 is 0. The zero-order chi connectivity index (χ0) is 17.5. The van der Waals surface area contributed by atoms with E-state index in [1.54, 1.807) is 0 Å². The van der Waals surface area contributed by atoms with Gasteiger partial charge in [-0.05, 0) is 49.1 Å². The van der Waals surface area contributed by atoms with Crippen LogP contribution in [0.5, 0.6) is 5.75 Å². The number of nitrogens with zero attached hydrogens (tertiary/aromatic N) is 1. The molecule has 25 heavy (non-hydrogen) atoms. The highest BCUT2D eigenvalue weighted by Gasteiger charge is 2.25. The molecule has 4 nitrogen and oxygen atoms in total. The maximum absolute atomic E-state index is 10.7. The lowest BCUT2D eigenvalue weighted by atomic mass is 10.1. The number of carbonyl (C=O) groups is 1. The van der Waals surface area contributed by atoms with Gasteiger partial charge in [0.25, 0.3) is 0 Å². The molecular weight excluding hydrogens is 314 g/mol. The van der Waals surface area contributed by atoms with Crippen LogP contribution in [-0.4, -0.2) is 41.7 Å². The van der Waals surface area contributed by atoms with Gasteiger partial charge in [-0.1, -0.05) is 42.5 Å². The Morgan fingerprint density at radius 3 is 2.52 bits per heavy atom. The minimum Gasteiger partial charge on any atom is -0.492 e. The third-order valence-electron chi connectivity index (χ3n) is 4.73. The van der Waals surface area contributed by atoms with Crippen molar-refractivity contribution >= 4 is 5.97 Å². The molecule has 2 aromatic rings. The van der Waals surface area contributed by atoms with Gasteiger partial charge in [-0.3, -0.25) is 9.69 Å². The second-order valence-electron chi connectivity index (χ2n) is 6.59. The summed E-state index contributed by atoms with van der Waals surface area (Å²) in [7, 11) is 0. The van der Waals surface area contributed by atoms with Gasteiger partial charge in [0, 0.05) is 12.6 Å². The number of aliphatic carboxylic acids is 1. The molecular formula is C21H25NO3. The Hall–Kier alpha value is -2.33. The molecule has 1 aliphatic rings. The van der Waals surface area contributed by atoms with Crippen LogP contribution in [0.25, 0.3) is 0 Å². The lowest BCUT2D eigenvalue weighted by Crippen LogP contribution is -2.35. The van der Waals surface area contributed by atoms with Gasteiger partial charge in [-0.2, -0.15) is 0 Å². The van der Waals surface area contributed by atoms with Gasteiger partial charge < -0.3 is 9.84 Å². The van der Waals surface area contributed by atoms with Crippen LogP contribution in [0.4, 0.5) is 0 Å². The average molecular weight is 339 g/mol. The molecule has 1 N–H and O–H groups in total. The number of likely N-dealkylation sites (tertiary alicyclic amines) is 1. The third kappa shape index (κ3) is 5.33. The predicted octanol–water partition coefficient (Wildman–Crippen LogP) is 3.60. The zero-order valence-electron chi connectivity index (χ0n) is 14.4. The van der Waals surface area contributed by atoms with Crippen LogP contribution < -0.4 is 4.74 Å². The summed E-state index contributed by atoms with van der Waals surface area (Å²) in [6.45, 7) is 2.20. The SMILES string of the molecule is O=C(O)CCN1CCC[C@@H]1COc1ccc(Cc2ccccc2)cc1. The number of hydrogen-bond donors (Lipinski definition) is 1. The van der Waals surface area contributed by atoms with E-state index in [4.69, 9.17) is 9.84 Å². The largest absolute Gasteiger partial charge is 0.492 e. The number of benzene rings is 2. The zero-order valence-corrected chi connectivity index (χ0v) is 14.4. The molecule has 0 aliphatic carbocycles. The standard InChI is InChI=1S/C21H25NO3/c23-21(24)12-14-22-13-4-7-19(22)16-25-20-10-8-18(9-11-20)15-17-5-2-1-3-6-17/h1-3,5-6,8-11,19H,4,7,12-16H2,(H,23,24)/t19-/m1/s1. The quantitative estimate of drug-likeness (QED) is 0.798. The normalized spacial score (nSPS) is 17.5. The minimum absolute atomic E-state index is 0.199. The Bertz CT molecular complexity index is 669. The van der Waals surface area contributed by atoms with Crippen molar-refractivity contribution < 1.29 is 14.6 Å². The monoisotopic (exact) mass is 339 g/mol. The second-order valence-corrected chi connectivity index (χ2v) is 6.59. The summed E-state index contributed by atoms with van der Waals surface area (Å²) in [5, 5.41) is 8.84. The number of hydrogen-bond acceptors (Lipinski definition) is 3. The van der Waals surface area contributed by atoms with E-state index < -0.39 is 5.97 Å². The molecule has 0 bridgehead atoms. The van der Waals surface area contributed by atoms with Gasteiger partial charge in [-0.25, -0.2) is 0 Å². The van der Waals surface area contributed by atoms with Crippen molar-refractivity contribution in [3.8, 4) is 5.75 Å². The molecule has 0 radical (unpaired) electrons. The van der Waals surface area contributed by atoms with Gasteiger partial charge in [0.15, 0.2) is 0 Å². The summed E-state index contributed by atoms with van der Waals surface area (Å²) in [6, 6.07) is 19.0. The van der Waals surface area contributed by atoms with E-state index in [-0.39, 0.29) is 6.42 Å². The van der Waals surface area contributed by atoms with Crippen LogP contribution in [0.2, 0.25) is 0 Å². The van der Waals surface area contributed by atoms with E-state index in [0.29, 0.717) is 19.2 Å². The van der Waals surface area contributed by atoms with Crippen LogP contribution in [0, 0.1) is 0 Å². The second kappa shape index (κ2) is 8.67. The predicted molar refractivity (Wildman–Crippen MR) is 98.0 cm³/mol. The van der Waals surface area contributed by atoms with Crippen molar-refractivity contribution in [3.63, 3.8) is 0 Å². The molecule has 4 heteroatoms. The molecule has 0 unspecified atom stereocenters. The molecule has 2 aromatic carbocycles. The average Bonchev–Trinajstić information content (AvgIpc) is 3.08. The van der Waals surface area contributed by atoms with Crippen LogP contribution >= 0.6 is 0 Å². The van der Waals surface area contributed by atoms with E-state index in [9.17, 15) is 4.79 Å². The molecule has 132 valence electrons. The first-order valence-corrected chi connectivity index (χ1v) is 8.92. The first-order valence-electron chi connectivity index (χ1n) is 8.92. The molecule has 3 rings (SSSR count). The smallest absolute Gasteiger partial charge is 0.304 e. The Balaban J connectivity index is 1.49. The first-order chi connectivity index (χ1) is 12.2. The van der Waals surface area contributed by atoms with E-state index in [1.807, 2.05) is 18.2 Å². The van der Waals surface area contributed by atoms with E-state index in [1.165, 1.54) is 11.1 Å². The Morgan fingerprint density at radius 1 is 1.08 bits per heavy atom.